The van der Waals surface area contributed by atoms with E-state index < -0.39 is 0 Å². The number of amides is 1. The summed E-state index contributed by atoms with van der Waals surface area (Å²) in [5.41, 5.74) is 3.44. The van der Waals surface area contributed by atoms with Crippen molar-refractivity contribution in [1.82, 2.24) is 0 Å². The summed E-state index contributed by atoms with van der Waals surface area (Å²) in [5.74, 6) is -0.236. The third-order valence-electron chi connectivity index (χ3n) is 2.24. The molecule has 1 aliphatic heterocycles. The zero-order valence-electron chi connectivity index (χ0n) is 8.11. The van der Waals surface area contributed by atoms with E-state index in [9.17, 15) is 4.79 Å². The van der Waals surface area contributed by atoms with E-state index in [1.165, 1.54) is 5.56 Å². The average molecular weight is 186 g/mol. The number of nitrogens with zero attached hydrogens (tertiary/aromatic N) is 2. The third kappa shape index (κ3) is 1.37. The minimum absolute atomic E-state index is 0.236. The van der Waals surface area contributed by atoms with Gasteiger partial charge in [0.05, 0.1) is 0 Å². The molecule has 1 aromatic rings. The monoisotopic (exact) mass is 186 g/mol. The maximum absolute atomic E-state index is 11.1. The van der Waals surface area contributed by atoms with Gasteiger partial charge in [0.15, 0.2) is 0 Å². The Hall–Kier alpha value is -1.77. The molecule has 0 aromatic heterocycles. The first-order valence-electron chi connectivity index (χ1n) is 4.42. The fourth-order valence-corrected chi connectivity index (χ4v) is 1.33. The summed E-state index contributed by atoms with van der Waals surface area (Å²) in [6, 6.07) is 7.89. The number of azo groups is 1. The smallest absolute Gasteiger partial charge is 0.265 e. The van der Waals surface area contributed by atoms with Gasteiger partial charge in [0.2, 0.25) is 0 Å². The Morgan fingerprint density at radius 1 is 1.00 bits per heavy atom. The summed E-state index contributed by atoms with van der Waals surface area (Å²) in [4.78, 5) is 11.1. The molecule has 0 atom stereocenters. The van der Waals surface area contributed by atoms with Gasteiger partial charge in [-0.3, -0.25) is 4.79 Å². The SMILES string of the molecule is CC1=C(c2ccc(C)cc2)N=NC1=O. The van der Waals surface area contributed by atoms with Crippen molar-refractivity contribution >= 4 is 11.6 Å². The molecule has 0 radical (unpaired) electrons. The third-order valence-corrected chi connectivity index (χ3v) is 2.24. The van der Waals surface area contributed by atoms with Crippen molar-refractivity contribution in [2.45, 2.75) is 13.8 Å². The number of hydrogen-bond acceptors (Lipinski definition) is 2. The van der Waals surface area contributed by atoms with Crippen LogP contribution in [0.2, 0.25) is 0 Å². The van der Waals surface area contributed by atoms with Gasteiger partial charge in [-0.05, 0) is 13.8 Å². The summed E-state index contributed by atoms with van der Waals surface area (Å²) >= 11 is 0. The molecular formula is C11H10N2O. The predicted octanol–water partition coefficient (Wildman–Crippen LogP) is 2.72. The number of carbonyl (C=O) groups is 1. The van der Waals surface area contributed by atoms with Gasteiger partial charge < -0.3 is 0 Å². The van der Waals surface area contributed by atoms with Gasteiger partial charge in [-0.2, -0.15) is 0 Å². The van der Waals surface area contributed by atoms with Crippen molar-refractivity contribution in [3.63, 3.8) is 0 Å². The minimum atomic E-state index is -0.236. The van der Waals surface area contributed by atoms with Crippen LogP contribution in [0.25, 0.3) is 5.70 Å². The standard InChI is InChI=1S/C11H10N2O/c1-7-3-5-9(6-4-7)10-8(2)11(14)13-12-10/h3-6H,1-2H3. The van der Waals surface area contributed by atoms with Gasteiger partial charge in [0, 0.05) is 11.1 Å². The molecule has 1 heterocycles. The maximum Gasteiger partial charge on any atom is 0.293 e. The highest BCUT2D eigenvalue weighted by molar-refractivity contribution is 6.03. The van der Waals surface area contributed by atoms with Crippen molar-refractivity contribution in [1.29, 1.82) is 0 Å². The Bertz CT molecular complexity index is 441. The molecule has 1 amide bonds. The highest BCUT2D eigenvalue weighted by Gasteiger charge is 2.17. The van der Waals surface area contributed by atoms with Crippen LogP contribution in [-0.2, 0) is 4.79 Å². The summed E-state index contributed by atoms with van der Waals surface area (Å²) < 4.78 is 0. The molecule has 0 spiro atoms. The Morgan fingerprint density at radius 2 is 1.64 bits per heavy atom. The van der Waals surface area contributed by atoms with Crippen molar-refractivity contribution in [3.05, 3.63) is 41.0 Å². The highest BCUT2D eigenvalue weighted by Crippen LogP contribution is 2.26. The van der Waals surface area contributed by atoms with E-state index in [4.69, 9.17) is 0 Å². The van der Waals surface area contributed by atoms with Gasteiger partial charge >= 0.3 is 0 Å². The molecule has 70 valence electrons. The van der Waals surface area contributed by atoms with Crippen LogP contribution in [0.4, 0.5) is 0 Å². The van der Waals surface area contributed by atoms with E-state index in [-0.39, 0.29) is 5.91 Å². The molecule has 1 aliphatic rings. The molecular weight excluding hydrogens is 176 g/mol. The molecule has 0 unspecified atom stereocenters. The predicted molar refractivity (Wildman–Crippen MR) is 53.6 cm³/mol. The fourth-order valence-electron chi connectivity index (χ4n) is 1.33. The number of hydrogen-bond donors (Lipinski definition) is 0. The van der Waals surface area contributed by atoms with Crippen molar-refractivity contribution in [2.24, 2.45) is 10.2 Å². The van der Waals surface area contributed by atoms with Crippen LogP contribution in [0.3, 0.4) is 0 Å². The molecule has 0 bridgehead atoms. The fraction of sp³-hybridized carbons (Fsp3) is 0.182. The quantitative estimate of drug-likeness (QED) is 0.664. The molecule has 0 aliphatic carbocycles. The Labute approximate surface area is 82.2 Å². The first kappa shape index (κ1) is 8.81. The number of aryl methyl sites for hydroxylation is 1. The molecule has 3 heteroatoms. The normalized spacial score (nSPS) is 15.4. The summed E-state index contributed by atoms with van der Waals surface area (Å²) in [7, 11) is 0. The lowest BCUT2D eigenvalue weighted by Gasteiger charge is -1.99. The molecule has 1 aromatic carbocycles. The number of rotatable bonds is 1. The van der Waals surface area contributed by atoms with E-state index in [2.05, 4.69) is 10.2 Å². The van der Waals surface area contributed by atoms with Crippen LogP contribution in [0.5, 0.6) is 0 Å². The van der Waals surface area contributed by atoms with Crippen molar-refractivity contribution < 1.29 is 4.79 Å². The summed E-state index contributed by atoms with van der Waals surface area (Å²) in [6.07, 6.45) is 0. The summed E-state index contributed by atoms with van der Waals surface area (Å²) in [6.45, 7) is 3.77. The number of carbonyl (C=O) groups excluding carboxylic acids is 1. The summed E-state index contributed by atoms with van der Waals surface area (Å²) in [5, 5.41) is 7.36. The lowest BCUT2D eigenvalue weighted by Crippen LogP contribution is -1.90. The molecule has 0 N–H and O–H groups in total. The molecule has 14 heavy (non-hydrogen) atoms. The zero-order chi connectivity index (χ0) is 10.1. The van der Waals surface area contributed by atoms with Crippen LogP contribution in [-0.4, -0.2) is 5.91 Å². The Balaban J connectivity index is 2.46. The maximum atomic E-state index is 11.1. The van der Waals surface area contributed by atoms with Gasteiger partial charge in [-0.15, -0.1) is 10.2 Å². The van der Waals surface area contributed by atoms with E-state index in [0.717, 1.165) is 5.56 Å². The van der Waals surface area contributed by atoms with E-state index in [1.54, 1.807) is 6.92 Å². The van der Waals surface area contributed by atoms with E-state index in [0.29, 0.717) is 11.3 Å². The van der Waals surface area contributed by atoms with Gasteiger partial charge in [-0.1, -0.05) is 29.8 Å². The molecule has 0 saturated heterocycles. The number of benzene rings is 1. The van der Waals surface area contributed by atoms with Crippen LogP contribution in [0, 0.1) is 6.92 Å². The van der Waals surface area contributed by atoms with E-state index >= 15 is 0 Å². The van der Waals surface area contributed by atoms with Crippen molar-refractivity contribution in [3.8, 4) is 0 Å². The second kappa shape index (κ2) is 3.18. The first-order valence-corrected chi connectivity index (χ1v) is 4.42. The molecule has 0 saturated carbocycles. The minimum Gasteiger partial charge on any atom is -0.265 e. The Kier molecular flexibility index (Phi) is 2.00. The van der Waals surface area contributed by atoms with Crippen LogP contribution in [0.1, 0.15) is 18.1 Å². The second-order valence-corrected chi connectivity index (χ2v) is 3.34. The average Bonchev–Trinajstić information content (AvgIpc) is 2.50. The van der Waals surface area contributed by atoms with Gasteiger partial charge in [-0.25, -0.2) is 0 Å². The molecule has 2 rings (SSSR count). The first-order chi connectivity index (χ1) is 6.68. The zero-order valence-corrected chi connectivity index (χ0v) is 8.11. The van der Waals surface area contributed by atoms with Crippen molar-refractivity contribution in [2.75, 3.05) is 0 Å². The van der Waals surface area contributed by atoms with Gasteiger partial charge in [0.25, 0.3) is 5.91 Å². The molecule has 3 nitrogen and oxygen atoms in total. The van der Waals surface area contributed by atoms with Crippen LogP contribution < -0.4 is 0 Å². The topological polar surface area (TPSA) is 41.8 Å². The van der Waals surface area contributed by atoms with Crippen LogP contribution >= 0.6 is 0 Å². The highest BCUT2D eigenvalue weighted by atomic mass is 16.2. The van der Waals surface area contributed by atoms with E-state index in [1.807, 2.05) is 31.2 Å². The lowest BCUT2D eigenvalue weighted by atomic mass is 10.1. The van der Waals surface area contributed by atoms with Crippen LogP contribution in [0.15, 0.2) is 40.1 Å². The lowest BCUT2D eigenvalue weighted by molar-refractivity contribution is -0.114. The molecule has 0 fully saturated rings. The Morgan fingerprint density at radius 3 is 2.14 bits per heavy atom. The van der Waals surface area contributed by atoms with Gasteiger partial charge in [0.1, 0.15) is 5.70 Å². The largest absolute Gasteiger partial charge is 0.293 e. The second-order valence-electron chi connectivity index (χ2n) is 3.34.